The van der Waals surface area contributed by atoms with Gasteiger partial charge in [-0.05, 0) is 23.6 Å². The van der Waals surface area contributed by atoms with Crippen LogP contribution >= 0.6 is 0 Å². The number of methoxy groups -OCH3 is 1. The minimum atomic E-state index is 0.282. The second-order valence-electron chi connectivity index (χ2n) is 4.04. The molecule has 0 saturated carbocycles. The van der Waals surface area contributed by atoms with E-state index in [1.54, 1.807) is 7.11 Å². The highest BCUT2D eigenvalue weighted by Crippen LogP contribution is 2.43. The predicted molar refractivity (Wildman–Crippen MR) is 55.4 cm³/mol. The van der Waals surface area contributed by atoms with Crippen LogP contribution < -0.4 is 4.74 Å². The van der Waals surface area contributed by atoms with Crippen molar-refractivity contribution in [3.05, 3.63) is 29.8 Å². The van der Waals surface area contributed by atoms with Gasteiger partial charge >= 0.3 is 0 Å². The van der Waals surface area contributed by atoms with Crippen LogP contribution in [0, 0.1) is 5.92 Å². The second kappa shape index (κ2) is 3.62. The number of hydrogen-bond donors (Lipinski definition) is 0. The summed E-state index contributed by atoms with van der Waals surface area (Å²) in [5, 5.41) is 0. The van der Waals surface area contributed by atoms with Crippen molar-refractivity contribution < 1.29 is 9.47 Å². The van der Waals surface area contributed by atoms with Gasteiger partial charge in [-0.3, -0.25) is 0 Å². The van der Waals surface area contributed by atoms with Crippen molar-refractivity contribution >= 4 is 0 Å². The minimum Gasteiger partial charge on any atom is -0.497 e. The lowest BCUT2D eigenvalue weighted by molar-refractivity contribution is 0.336. The molecule has 2 heteroatoms. The third-order valence-corrected chi connectivity index (χ3v) is 2.60. The van der Waals surface area contributed by atoms with Crippen molar-refractivity contribution in [2.75, 3.05) is 7.11 Å². The minimum absolute atomic E-state index is 0.282. The highest BCUT2D eigenvalue weighted by Gasteiger charge is 2.42. The van der Waals surface area contributed by atoms with Crippen LogP contribution in [0.4, 0.5) is 0 Å². The van der Waals surface area contributed by atoms with Gasteiger partial charge in [0.05, 0.1) is 13.2 Å². The summed E-state index contributed by atoms with van der Waals surface area (Å²) < 4.78 is 10.8. The van der Waals surface area contributed by atoms with Crippen molar-refractivity contribution in [2.24, 2.45) is 5.92 Å². The van der Waals surface area contributed by atoms with Crippen LogP contribution in [0.3, 0.4) is 0 Å². The van der Waals surface area contributed by atoms with Gasteiger partial charge in [0, 0.05) is 0 Å². The molecule has 1 aromatic carbocycles. The molecular formula is C12H16O2. The maximum absolute atomic E-state index is 5.61. The molecule has 1 aromatic rings. The summed E-state index contributed by atoms with van der Waals surface area (Å²) in [7, 11) is 1.69. The van der Waals surface area contributed by atoms with E-state index in [0.29, 0.717) is 12.0 Å². The molecule has 14 heavy (non-hydrogen) atoms. The van der Waals surface area contributed by atoms with Gasteiger partial charge in [-0.2, -0.15) is 0 Å². The SMILES string of the molecule is COc1cccc([C@@H]2O[C@H]2C(C)C)c1. The lowest BCUT2D eigenvalue weighted by atomic mass is 10.0. The van der Waals surface area contributed by atoms with E-state index >= 15 is 0 Å². The third-order valence-electron chi connectivity index (χ3n) is 2.60. The Hall–Kier alpha value is -1.02. The van der Waals surface area contributed by atoms with Gasteiger partial charge in [-0.1, -0.05) is 26.0 Å². The van der Waals surface area contributed by atoms with E-state index in [-0.39, 0.29) is 6.10 Å². The fourth-order valence-corrected chi connectivity index (χ4v) is 1.72. The van der Waals surface area contributed by atoms with Crippen LogP contribution in [-0.4, -0.2) is 13.2 Å². The Morgan fingerprint density at radius 1 is 1.36 bits per heavy atom. The molecule has 0 N–H and O–H groups in total. The lowest BCUT2D eigenvalue weighted by Gasteiger charge is -2.02. The zero-order valence-corrected chi connectivity index (χ0v) is 8.86. The first-order chi connectivity index (χ1) is 6.72. The summed E-state index contributed by atoms with van der Waals surface area (Å²) in [6.45, 7) is 4.37. The quantitative estimate of drug-likeness (QED) is 0.687. The number of ether oxygens (including phenoxy) is 2. The van der Waals surface area contributed by atoms with Crippen LogP contribution in [0.1, 0.15) is 25.5 Å². The van der Waals surface area contributed by atoms with E-state index in [1.165, 1.54) is 5.56 Å². The molecule has 2 atom stereocenters. The fourth-order valence-electron chi connectivity index (χ4n) is 1.72. The van der Waals surface area contributed by atoms with Crippen molar-refractivity contribution in [3.8, 4) is 5.75 Å². The molecule has 1 saturated heterocycles. The molecule has 0 aliphatic carbocycles. The lowest BCUT2D eigenvalue weighted by Crippen LogP contribution is -1.98. The first-order valence-electron chi connectivity index (χ1n) is 5.02. The van der Waals surface area contributed by atoms with Gasteiger partial charge < -0.3 is 9.47 Å². The third kappa shape index (κ3) is 1.75. The maximum Gasteiger partial charge on any atom is 0.119 e. The molecule has 2 nitrogen and oxygen atoms in total. The molecule has 1 heterocycles. The first kappa shape index (κ1) is 9.53. The van der Waals surface area contributed by atoms with Crippen molar-refractivity contribution in [3.63, 3.8) is 0 Å². The zero-order chi connectivity index (χ0) is 10.1. The molecule has 0 bridgehead atoms. The van der Waals surface area contributed by atoms with Crippen LogP contribution in [0.25, 0.3) is 0 Å². The Bertz CT molecular complexity index is 320. The number of benzene rings is 1. The average Bonchev–Trinajstić information content (AvgIpc) is 2.97. The number of hydrogen-bond acceptors (Lipinski definition) is 2. The topological polar surface area (TPSA) is 21.8 Å². The van der Waals surface area contributed by atoms with Crippen LogP contribution in [-0.2, 0) is 4.74 Å². The summed E-state index contributed by atoms with van der Waals surface area (Å²) in [6, 6.07) is 8.10. The highest BCUT2D eigenvalue weighted by atomic mass is 16.6. The molecule has 0 radical (unpaired) electrons. The molecule has 0 amide bonds. The zero-order valence-electron chi connectivity index (χ0n) is 8.86. The summed E-state index contributed by atoms with van der Waals surface area (Å²) in [5.74, 6) is 1.49. The Labute approximate surface area is 84.8 Å². The Morgan fingerprint density at radius 3 is 2.71 bits per heavy atom. The standard InChI is InChI=1S/C12H16O2/c1-8(2)11-12(14-11)9-5-4-6-10(7-9)13-3/h4-8,11-12H,1-3H3/t11-,12-/m0/s1. The van der Waals surface area contributed by atoms with E-state index in [9.17, 15) is 0 Å². The molecule has 1 aliphatic rings. The van der Waals surface area contributed by atoms with E-state index in [4.69, 9.17) is 9.47 Å². The van der Waals surface area contributed by atoms with Gasteiger partial charge in [0.15, 0.2) is 0 Å². The van der Waals surface area contributed by atoms with Gasteiger partial charge in [0.1, 0.15) is 11.9 Å². The molecule has 0 aromatic heterocycles. The predicted octanol–water partition coefficient (Wildman–Crippen LogP) is 2.79. The summed E-state index contributed by atoms with van der Waals surface area (Å²) >= 11 is 0. The molecule has 0 spiro atoms. The van der Waals surface area contributed by atoms with Crippen molar-refractivity contribution in [1.29, 1.82) is 0 Å². The Balaban J connectivity index is 2.11. The van der Waals surface area contributed by atoms with Crippen LogP contribution in [0.15, 0.2) is 24.3 Å². The van der Waals surface area contributed by atoms with Gasteiger partial charge in [-0.15, -0.1) is 0 Å². The number of rotatable bonds is 3. The molecular weight excluding hydrogens is 176 g/mol. The smallest absolute Gasteiger partial charge is 0.119 e. The average molecular weight is 192 g/mol. The second-order valence-corrected chi connectivity index (χ2v) is 4.04. The molecule has 1 aliphatic heterocycles. The molecule has 0 unspecified atom stereocenters. The summed E-state index contributed by atoms with van der Waals surface area (Å²) in [4.78, 5) is 0. The molecule has 2 rings (SSSR count). The monoisotopic (exact) mass is 192 g/mol. The van der Waals surface area contributed by atoms with Crippen LogP contribution in [0.2, 0.25) is 0 Å². The van der Waals surface area contributed by atoms with E-state index in [1.807, 2.05) is 18.2 Å². The highest BCUT2D eigenvalue weighted by molar-refractivity contribution is 5.32. The Morgan fingerprint density at radius 2 is 2.14 bits per heavy atom. The van der Waals surface area contributed by atoms with E-state index < -0.39 is 0 Å². The Kier molecular flexibility index (Phi) is 2.46. The number of epoxide rings is 1. The van der Waals surface area contributed by atoms with Gasteiger partial charge in [0.25, 0.3) is 0 Å². The summed E-state index contributed by atoms with van der Waals surface area (Å²) in [6.07, 6.45) is 0.673. The molecule has 76 valence electrons. The normalized spacial score (nSPS) is 25.1. The van der Waals surface area contributed by atoms with E-state index in [0.717, 1.165) is 5.75 Å². The largest absolute Gasteiger partial charge is 0.497 e. The van der Waals surface area contributed by atoms with Gasteiger partial charge in [-0.25, -0.2) is 0 Å². The van der Waals surface area contributed by atoms with Crippen molar-refractivity contribution in [2.45, 2.75) is 26.1 Å². The van der Waals surface area contributed by atoms with E-state index in [2.05, 4.69) is 19.9 Å². The first-order valence-corrected chi connectivity index (χ1v) is 5.02. The molecule has 1 fully saturated rings. The van der Waals surface area contributed by atoms with Gasteiger partial charge in [0.2, 0.25) is 0 Å². The van der Waals surface area contributed by atoms with Crippen molar-refractivity contribution in [1.82, 2.24) is 0 Å². The maximum atomic E-state index is 5.61. The van der Waals surface area contributed by atoms with Crippen LogP contribution in [0.5, 0.6) is 5.75 Å². The fraction of sp³-hybridized carbons (Fsp3) is 0.500. The summed E-state index contributed by atoms with van der Waals surface area (Å²) in [5.41, 5.74) is 1.23.